The molecule has 3 rings (SSSR count). The summed E-state index contributed by atoms with van der Waals surface area (Å²) >= 11 is 0. The second kappa shape index (κ2) is 6.73. The Hall–Kier alpha value is -1.84. The molecule has 4 heteroatoms. The number of hydrogen-bond donors (Lipinski definition) is 1. The number of aliphatic carboxylic acids is 1. The first-order valence-corrected chi connectivity index (χ1v) is 8.63. The van der Waals surface area contributed by atoms with E-state index in [4.69, 9.17) is 5.11 Å². The maximum atomic E-state index is 12.8. The summed E-state index contributed by atoms with van der Waals surface area (Å²) in [6.07, 6.45) is 4.89. The zero-order valence-corrected chi connectivity index (χ0v) is 13.7. The monoisotopic (exact) mass is 315 g/mol. The molecule has 0 aromatic heterocycles. The maximum Gasteiger partial charge on any atom is 0.306 e. The molecule has 124 valence electrons. The van der Waals surface area contributed by atoms with Gasteiger partial charge in [0.2, 0.25) is 5.91 Å². The Kier molecular flexibility index (Phi) is 4.69. The van der Waals surface area contributed by atoms with Crippen LogP contribution in [0.1, 0.15) is 43.2 Å². The van der Waals surface area contributed by atoms with Crippen LogP contribution in [0.2, 0.25) is 0 Å². The molecule has 1 amide bonds. The van der Waals surface area contributed by atoms with Gasteiger partial charge in [0, 0.05) is 18.5 Å². The van der Waals surface area contributed by atoms with Crippen molar-refractivity contribution in [2.75, 3.05) is 6.54 Å². The molecular formula is C19H25NO3. The molecule has 1 unspecified atom stereocenters. The van der Waals surface area contributed by atoms with Crippen molar-refractivity contribution in [1.82, 2.24) is 4.90 Å². The van der Waals surface area contributed by atoms with E-state index < -0.39 is 5.97 Å². The van der Waals surface area contributed by atoms with Crippen molar-refractivity contribution in [3.63, 3.8) is 0 Å². The molecule has 1 aromatic rings. The molecule has 3 atom stereocenters. The number of carboxylic acids is 1. The zero-order chi connectivity index (χ0) is 16.4. The van der Waals surface area contributed by atoms with Gasteiger partial charge in [-0.25, -0.2) is 0 Å². The van der Waals surface area contributed by atoms with Crippen LogP contribution in [0.3, 0.4) is 0 Å². The summed E-state index contributed by atoms with van der Waals surface area (Å²) in [6.45, 7) is 2.90. The highest BCUT2D eigenvalue weighted by atomic mass is 16.4. The van der Waals surface area contributed by atoms with Crippen LogP contribution in [0, 0.1) is 18.8 Å². The fourth-order valence-electron chi connectivity index (χ4n) is 4.00. The van der Waals surface area contributed by atoms with Crippen LogP contribution < -0.4 is 0 Å². The fraction of sp³-hybridized carbons (Fsp3) is 0.579. The van der Waals surface area contributed by atoms with Gasteiger partial charge in [0.15, 0.2) is 0 Å². The maximum absolute atomic E-state index is 12.8. The molecular weight excluding hydrogens is 290 g/mol. The van der Waals surface area contributed by atoms with Crippen LogP contribution in [0.25, 0.3) is 0 Å². The SMILES string of the molecule is Cc1ccc(CC2CCCN2C(=O)[C@@H]2CC[C@H](C(=O)O)C2)cc1. The van der Waals surface area contributed by atoms with E-state index in [0.29, 0.717) is 12.8 Å². The van der Waals surface area contributed by atoms with Crippen LogP contribution >= 0.6 is 0 Å². The number of amides is 1. The minimum atomic E-state index is -0.752. The lowest BCUT2D eigenvalue weighted by atomic mass is 10.00. The number of benzene rings is 1. The van der Waals surface area contributed by atoms with Gasteiger partial charge in [-0.3, -0.25) is 9.59 Å². The standard InChI is InChI=1S/C19H25NO3/c1-13-4-6-14(7-5-13)11-17-3-2-10-20(17)18(21)15-8-9-16(12-15)19(22)23/h4-7,15-17H,2-3,8-12H2,1H3,(H,22,23)/t15-,16+,17?/m1/s1. The van der Waals surface area contributed by atoms with E-state index in [1.165, 1.54) is 11.1 Å². The van der Waals surface area contributed by atoms with E-state index in [-0.39, 0.29) is 23.8 Å². The number of carbonyl (C=O) groups is 2. The van der Waals surface area contributed by atoms with Gasteiger partial charge in [0.25, 0.3) is 0 Å². The number of likely N-dealkylation sites (tertiary alicyclic amines) is 1. The van der Waals surface area contributed by atoms with Gasteiger partial charge >= 0.3 is 5.97 Å². The van der Waals surface area contributed by atoms with Crippen molar-refractivity contribution in [1.29, 1.82) is 0 Å². The molecule has 1 aliphatic carbocycles. The first-order valence-electron chi connectivity index (χ1n) is 8.63. The topological polar surface area (TPSA) is 57.6 Å². The fourth-order valence-corrected chi connectivity index (χ4v) is 4.00. The van der Waals surface area contributed by atoms with Gasteiger partial charge < -0.3 is 10.0 Å². The van der Waals surface area contributed by atoms with Gasteiger partial charge in [-0.1, -0.05) is 29.8 Å². The van der Waals surface area contributed by atoms with Gasteiger partial charge in [0.05, 0.1) is 5.92 Å². The second-order valence-corrected chi connectivity index (χ2v) is 7.06. The van der Waals surface area contributed by atoms with E-state index in [1.54, 1.807) is 0 Å². The normalized spacial score (nSPS) is 27.3. The predicted molar refractivity (Wildman–Crippen MR) is 88.1 cm³/mol. The Morgan fingerprint density at radius 3 is 2.48 bits per heavy atom. The average Bonchev–Trinajstić information content (AvgIpc) is 3.18. The van der Waals surface area contributed by atoms with Gasteiger partial charge in [-0.2, -0.15) is 0 Å². The molecule has 0 radical (unpaired) electrons. The minimum absolute atomic E-state index is 0.0882. The minimum Gasteiger partial charge on any atom is -0.481 e. The molecule has 0 spiro atoms. The van der Waals surface area contributed by atoms with Crippen LogP contribution in [-0.4, -0.2) is 34.5 Å². The van der Waals surface area contributed by atoms with Crippen LogP contribution in [0.4, 0.5) is 0 Å². The quantitative estimate of drug-likeness (QED) is 0.929. The highest BCUT2D eigenvalue weighted by Crippen LogP contribution is 2.34. The molecule has 1 aromatic carbocycles. The lowest BCUT2D eigenvalue weighted by Gasteiger charge is -2.27. The van der Waals surface area contributed by atoms with Crippen LogP contribution in [0.5, 0.6) is 0 Å². The highest BCUT2D eigenvalue weighted by Gasteiger charge is 2.38. The highest BCUT2D eigenvalue weighted by molar-refractivity contribution is 5.81. The summed E-state index contributed by atoms with van der Waals surface area (Å²) in [4.78, 5) is 25.9. The third-order valence-corrected chi connectivity index (χ3v) is 5.38. The number of hydrogen-bond acceptors (Lipinski definition) is 2. The van der Waals surface area contributed by atoms with Crippen molar-refractivity contribution in [2.24, 2.45) is 11.8 Å². The molecule has 4 nitrogen and oxygen atoms in total. The number of rotatable bonds is 4. The number of carboxylic acid groups (broad SMARTS) is 1. The van der Waals surface area contributed by atoms with E-state index in [0.717, 1.165) is 32.2 Å². The number of aryl methyl sites for hydroxylation is 1. The summed E-state index contributed by atoms with van der Waals surface area (Å²) in [5, 5.41) is 9.12. The zero-order valence-electron chi connectivity index (χ0n) is 13.7. The summed E-state index contributed by atoms with van der Waals surface area (Å²) < 4.78 is 0. The molecule has 1 N–H and O–H groups in total. The molecule has 2 aliphatic rings. The van der Waals surface area contributed by atoms with Crippen molar-refractivity contribution < 1.29 is 14.7 Å². The predicted octanol–water partition coefficient (Wildman–Crippen LogP) is 3.03. The van der Waals surface area contributed by atoms with E-state index in [1.807, 2.05) is 4.90 Å². The largest absolute Gasteiger partial charge is 0.481 e. The average molecular weight is 315 g/mol. The Morgan fingerprint density at radius 2 is 1.83 bits per heavy atom. The summed E-state index contributed by atoms with van der Waals surface area (Å²) in [5.74, 6) is -0.988. The molecule has 1 heterocycles. The third-order valence-electron chi connectivity index (χ3n) is 5.38. The Balaban J connectivity index is 1.63. The van der Waals surface area contributed by atoms with Crippen molar-refractivity contribution in [2.45, 2.75) is 51.5 Å². The first kappa shape index (κ1) is 16.0. The lowest BCUT2D eigenvalue weighted by Crippen LogP contribution is -2.40. The second-order valence-electron chi connectivity index (χ2n) is 7.06. The van der Waals surface area contributed by atoms with Gasteiger partial charge in [0.1, 0.15) is 0 Å². The summed E-state index contributed by atoms with van der Waals surface area (Å²) in [7, 11) is 0. The first-order chi connectivity index (χ1) is 11.0. The Bertz CT molecular complexity index is 581. The van der Waals surface area contributed by atoms with Gasteiger partial charge in [-0.15, -0.1) is 0 Å². The smallest absolute Gasteiger partial charge is 0.306 e. The van der Waals surface area contributed by atoms with Crippen molar-refractivity contribution in [3.8, 4) is 0 Å². The number of nitrogens with zero attached hydrogens (tertiary/aromatic N) is 1. The summed E-state index contributed by atoms with van der Waals surface area (Å²) in [5.41, 5.74) is 2.52. The lowest BCUT2D eigenvalue weighted by molar-refractivity contribution is -0.141. The van der Waals surface area contributed by atoms with E-state index >= 15 is 0 Å². The van der Waals surface area contributed by atoms with Crippen LogP contribution in [-0.2, 0) is 16.0 Å². The third kappa shape index (κ3) is 3.57. The molecule has 23 heavy (non-hydrogen) atoms. The number of carbonyl (C=O) groups excluding carboxylic acids is 1. The van der Waals surface area contributed by atoms with E-state index in [9.17, 15) is 9.59 Å². The molecule has 1 aliphatic heterocycles. The molecule has 2 fully saturated rings. The van der Waals surface area contributed by atoms with Gasteiger partial charge in [-0.05, 0) is 51.0 Å². The Morgan fingerprint density at radius 1 is 1.13 bits per heavy atom. The molecule has 1 saturated heterocycles. The van der Waals surface area contributed by atoms with E-state index in [2.05, 4.69) is 31.2 Å². The Labute approximate surface area is 137 Å². The van der Waals surface area contributed by atoms with Crippen molar-refractivity contribution in [3.05, 3.63) is 35.4 Å². The molecule has 0 bridgehead atoms. The van der Waals surface area contributed by atoms with Crippen LogP contribution in [0.15, 0.2) is 24.3 Å². The summed E-state index contributed by atoms with van der Waals surface area (Å²) in [6, 6.07) is 8.79. The molecule has 1 saturated carbocycles. The van der Waals surface area contributed by atoms with Crippen molar-refractivity contribution >= 4 is 11.9 Å².